The number of amides is 1. The molecular weight excluding hydrogens is 340 g/mol. The van der Waals surface area contributed by atoms with Gasteiger partial charge in [-0.05, 0) is 38.0 Å². The fraction of sp³-hybridized carbons (Fsp3) is 0.529. The Balaban J connectivity index is 2.50. The topological polar surface area (TPSA) is 99.7 Å². The van der Waals surface area contributed by atoms with Gasteiger partial charge in [-0.2, -0.15) is 0 Å². The number of rotatable bonds is 8. The molecule has 0 spiro atoms. The Morgan fingerprint density at radius 2 is 1.84 bits per heavy atom. The van der Waals surface area contributed by atoms with Crippen LogP contribution in [0.2, 0.25) is 0 Å². The molecule has 1 aromatic carbocycles. The van der Waals surface area contributed by atoms with Gasteiger partial charge in [0.2, 0.25) is 0 Å². The van der Waals surface area contributed by atoms with Crippen LogP contribution in [0.4, 0.5) is 0 Å². The summed E-state index contributed by atoms with van der Waals surface area (Å²) in [5, 5.41) is 9.10. The van der Waals surface area contributed by atoms with Crippen LogP contribution in [0.5, 0.6) is 0 Å². The highest BCUT2D eigenvalue weighted by Crippen LogP contribution is 2.04. The van der Waals surface area contributed by atoms with Crippen molar-refractivity contribution in [2.75, 3.05) is 25.6 Å². The second kappa shape index (κ2) is 10.0. The van der Waals surface area contributed by atoms with Gasteiger partial charge in [-0.25, -0.2) is 8.42 Å². The normalized spacial score (nSPS) is 13.2. The average molecular weight is 369 g/mol. The third-order valence-electron chi connectivity index (χ3n) is 3.54. The van der Waals surface area contributed by atoms with Crippen molar-refractivity contribution < 1.29 is 13.2 Å². The van der Waals surface area contributed by atoms with E-state index in [1.165, 1.54) is 6.26 Å². The number of hydrogen-bond acceptors (Lipinski definition) is 4. The first-order valence-corrected chi connectivity index (χ1v) is 10.3. The Morgan fingerprint density at radius 3 is 2.36 bits per heavy atom. The van der Waals surface area contributed by atoms with Crippen LogP contribution in [-0.4, -0.2) is 51.9 Å². The molecule has 25 heavy (non-hydrogen) atoms. The van der Waals surface area contributed by atoms with Crippen molar-refractivity contribution in [1.82, 2.24) is 16.0 Å². The molecule has 140 valence electrons. The van der Waals surface area contributed by atoms with E-state index in [2.05, 4.69) is 20.9 Å². The molecule has 7 nitrogen and oxygen atoms in total. The second-order valence-electron chi connectivity index (χ2n) is 5.95. The molecular formula is C17H28N4O3S. The van der Waals surface area contributed by atoms with Crippen molar-refractivity contribution in [2.45, 2.75) is 32.9 Å². The van der Waals surface area contributed by atoms with Gasteiger partial charge < -0.3 is 16.0 Å². The molecule has 0 fully saturated rings. The van der Waals surface area contributed by atoms with Crippen LogP contribution in [0.15, 0.2) is 29.3 Å². The smallest absolute Gasteiger partial charge is 0.251 e. The van der Waals surface area contributed by atoms with Crippen molar-refractivity contribution >= 4 is 21.7 Å². The standard InChI is InChI=1S/C17H28N4O3S/c1-5-19-16(22)15-8-6-14(7-9-15)12-20-17(18-3)21-13(2)10-11-25(4,23)24/h6-9,13H,5,10-12H2,1-4H3,(H,19,22)(H2,18,20,21). The molecule has 1 unspecified atom stereocenters. The van der Waals surface area contributed by atoms with E-state index in [9.17, 15) is 13.2 Å². The van der Waals surface area contributed by atoms with E-state index in [0.717, 1.165) is 5.56 Å². The number of carbonyl (C=O) groups excluding carboxylic acids is 1. The van der Waals surface area contributed by atoms with E-state index in [0.29, 0.717) is 31.0 Å². The fourth-order valence-corrected chi connectivity index (χ4v) is 2.90. The molecule has 0 aliphatic heterocycles. The van der Waals surface area contributed by atoms with Gasteiger partial charge in [0.05, 0.1) is 5.75 Å². The molecule has 0 saturated carbocycles. The lowest BCUT2D eigenvalue weighted by Crippen LogP contribution is -2.42. The highest BCUT2D eigenvalue weighted by molar-refractivity contribution is 7.90. The summed E-state index contributed by atoms with van der Waals surface area (Å²) >= 11 is 0. The van der Waals surface area contributed by atoms with Crippen LogP contribution in [0.3, 0.4) is 0 Å². The van der Waals surface area contributed by atoms with E-state index >= 15 is 0 Å². The van der Waals surface area contributed by atoms with Crippen molar-refractivity contribution in [3.63, 3.8) is 0 Å². The molecule has 0 heterocycles. The largest absolute Gasteiger partial charge is 0.354 e. The summed E-state index contributed by atoms with van der Waals surface area (Å²) in [4.78, 5) is 15.9. The Bertz CT molecular complexity index is 684. The molecule has 0 aromatic heterocycles. The highest BCUT2D eigenvalue weighted by Gasteiger charge is 2.09. The summed E-state index contributed by atoms with van der Waals surface area (Å²) in [6, 6.07) is 7.33. The minimum absolute atomic E-state index is 0.0129. The lowest BCUT2D eigenvalue weighted by Gasteiger charge is -2.17. The third kappa shape index (κ3) is 8.53. The number of benzene rings is 1. The molecule has 0 bridgehead atoms. The fourth-order valence-electron chi connectivity index (χ4n) is 2.11. The zero-order valence-electron chi connectivity index (χ0n) is 15.3. The highest BCUT2D eigenvalue weighted by atomic mass is 32.2. The molecule has 0 saturated heterocycles. The predicted octanol–water partition coefficient (Wildman–Crippen LogP) is 0.925. The Kier molecular flexibility index (Phi) is 8.40. The zero-order chi connectivity index (χ0) is 18.9. The summed E-state index contributed by atoms with van der Waals surface area (Å²) in [6.45, 7) is 4.95. The number of nitrogens with one attached hydrogen (secondary N) is 3. The van der Waals surface area contributed by atoms with Crippen molar-refractivity contribution in [1.29, 1.82) is 0 Å². The molecule has 0 aliphatic rings. The maximum atomic E-state index is 11.7. The molecule has 1 atom stereocenters. The van der Waals surface area contributed by atoms with Crippen LogP contribution in [0.1, 0.15) is 36.2 Å². The third-order valence-corrected chi connectivity index (χ3v) is 4.52. The van der Waals surface area contributed by atoms with Crippen molar-refractivity contribution in [3.8, 4) is 0 Å². The summed E-state index contributed by atoms with van der Waals surface area (Å²) in [5.74, 6) is 0.660. The molecule has 0 radical (unpaired) electrons. The first-order valence-electron chi connectivity index (χ1n) is 8.27. The van der Waals surface area contributed by atoms with Crippen LogP contribution in [0.25, 0.3) is 0 Å². The van der Waals surface area contributed by atoms with Gasteiger partial charge in [-0.3, -0.25) is 9.79 Å². The number of guanidine groups is 1. The average Bonchev–Trinajstić information content (AvgIpc) is 2.56. The Labute approximate surface area is 150 Å². The monoisotopic (exact) mass is 368 g/mol. The molecule has 1 amide bonds. The summed E-state index contributed by atoms with van der Waals surface area (Å²) in [6.07, 6.45) is 1.75. The number of aliphatic imine (C=N–C) groups is 1. The van der Waals surface area contributed by atoms with Gasteiger partial charge in [0, 0.05) is 38.0 Å². The van der Waals surface area contributed by atoms with Crippen molar-refractivity contribution in [3.05, 3.63) is 35.4 Å². The summed E-state index contributed by atoms with van der Waals surface area (Å²) in [5.41, 5.74) is 1.64. The summed E-state index contributed by atoms with van der Waals surface area (Å²) < 4.78 is 22.4. The van der Waals surface area contributed by atoms with Crippen molar-refractivity contribution in [2.24, 2.45) is 4.99 Å². The molecule has 3 N–H and O–H groups in total. The number of carbonyl (C=O) groups is 1. The first-order chi connectivity index (χ1) is 11.7. The SMILES string of the molecule is CCNC(=O)c1ccc(CNC(=NC)NC(C)CCS(C)(=O)=O)cc1. The lowest BCUT2D eigenvalue weighted by atomic mass is 10.1. The minimum atomic E-state index is -2.97. The lowest BCUT2D eigenvalue weighted by molar-refractivity contribution is 0.0956. The van der Waals surface area contributed by atoms with Crippen LogP contribution in [0, 0.1) is 0 Å². The zero-order valence-corrected chi connectivity index (χ0v) is 16.1. The van der Waals surface area contributed by atoms with Gasteiger partial charge in [-0.1, -0.05) is 12.1 Å². The van der Waals surface area contributed by atoms with E-state index in [1.54, 1.807) is 19.2 Å². The number of hydrogen-bond donors (Lipinski definition) is 3. The van der Waals surface area contributed by atoms with E-state index in [1.807, 2.05) is 26.0 Å². The van der Waals surface area contributed by atoms with E-state index in [4.69, 9.17) is 0 Å². The number of nitrogens with zero attached hydrogens (tertiary/aromatic N) is 1. The molecule has 0 aliphatic carbocycles. The quantitative estimate of drug-likeness (QED) is 0.468. The maximum Gasteiger partial charge on any atom is 0.251 e. The van der Waals surface area contributed by atoms with Crippen LogP contribution < -0.4 is 16.0 Å². The second-order valence-corrected chi connectivity index (χ2v) is 8.21. The first kappa shape index (κ1) is 21.0. The van der Waals surface area contributed by atoms with Gasteiger partial charge in [-0.15, -0.1) is 0 Å². The molecule has 1 aromatic rings. The van der Waals surface area contributed by atoms with E-state index in [-0.39, 0.29) is 17.7 Å². The minimum Gasteiger partial charge on any atom is -0.354 e. The number of sulfone groups is 1. The summed E-state index contributed by atoms with van der Waals surface area (Å²) in [7, 11) is -1.30. The Hall–Kier alpha value is -2.09. The van der Waals surface area contributed by atoms with E-state index < -0.39 is 9.84 Å². The van der Waals surface area contributed by atoms with Gasteiger partial charge >= 0.3 is 0 Å². The van der Waals surface area contributed by atoms with Crippen LogP contribution >= 0.6 is 0 Å². The van der Waals surface area contributed by atoms with Crippen LogP contribution in [-0.2, 0) is 16.4 Å². The predicted molar refractivity (Wildman–Crippen MR) is 102 cm³/mol. The van der Waals surface area contributed by atoms with Gasteiger partial charge in [0.15, 0.2) is 5.96 Å². The Morgan fingerprint density at radius 1 is 1.20 bits per heavy atom. The van der Waals surface area contributed by atoms with Gasteiger partial charge in [0.1, 0.15) is 9.84 Å². The molecule has 1 rings (SSSR count). The van der Waals surface area contributed by atoms with Gasteiger partial charge in [0.25, 0.3) is 5.91 Å². The molecule has 8 heteroatoms. The maximum absolute atomic E-state index is 11.7.